The summed E-state index contributed by atoms with van der Waals surface area (Å²) in [6.07, 6.45) is 10.4. The van der Waals surface area contributed by atoms with Crippen LogP contribution < -0.4 is 10.2 Å². The number of carbonyl (C=O) groups is 1. The molecule has 1 fully saturated rings. The molecule has 0 bridgehead atoms. The van der Waals surface area contributed by atoms with Crippen molar-refractivity contribution in [1.29, 1.82) is 0 Å². The highest BCUT2D eigenvalue weighted by atomic mass is 16.1. The van der Waals surface area contributed by atoms with E-state index >= 15 is 0 Å². The number of rotatable bonds is 6. The lowest BCUT2D eigenvalue weighted by atomic mass is 10.1. The monoisotopic (exact) mass is 311 g/mol. The second kappa shape index (κ2) is 7.67. The van der Waals surface area contributed by atoms with Gasteiger partial charge in [0.1, 0.15) is 5.82 Å². The summed E-state index contributed by atoms with van der Waals surface area (Å²) in [5.41, 5.74) is 1.91. The van der Waals surface area contributed by atoms with Crippen molar-refractivity contribution in [3.05, 3.63) is 48.2 Å². The van der Waals surface area contributed by atoms with E-state index in [9.17, 15) is 4.79 Å². The van der Waals surface area contributed by atoms with Crippen molar-refractivity contribution in [3.8, 4) is 0 Å². The van der Waals surface area contributed by atoms with Gasteiger partial charge in [-0.05, 0) is 37.0 Å². The van der Waals surface area contributed by atoms with Gasteiger partial charge < -0.3 is 10.2 Å². The normalized spacial score (nSPS) is 14.0. The smallest absolute Gasteiger partial charge is 0.220 e. The molecule has 1 N–H and O–H groups in total. The standard InChI is InChI=1S/C17H21N5O/c23-17(21-13-15-12-18-7-8-19-15)4-3-14-5-6-20-16(11-14)22-9-1-2-10-22/h5-8,11-12H,1-4,9-10,13H2,(H,21,23). The highest BCUT2D eigenvalue weighted by Gasteiger charge is 2.13. The maximum Gasteiger partial charge on any atom is 0.220 e. The maximum absolute atomic E-state index is 11.9. The fourth-order valence-corrected chi connectivity index (χ4v) is 2.69. The summed E-state index contributed by atoms with van der Waals surface area (Å²) in [4.78, 5) is 26.8. The molecule has 0 atom stereocenters. The van der Waals surface area contributed by atoms with Crippen molar-refractivity contribution >= 4 is 11.7 Å². The van der Waals surface area contributed by atoms with Gasteiger partial charge in [0.2, 0.25) is 5.91 Å². The van der Waals surface area contributed by atoms with E-state index in [-0.39, 0.29) is 5.91 Å². The molecule has 0 aliphatic carbocycles. The van der Waals surface area contributed by atoms with Gasteiger partial charge in [0.25, 0.3) is 0 Å². The van der Waals surface area contributed by atoms with Gasteiger partial charge in [-0.3, -0.25) is 14.8 Å². The molecule has 120 valence electrons. The van der Waals surface area contributed by atoms with Crippen LogP contribution in [-0.2, 0) is 17.8 Å². The van der Waals surface area contributed by atoms with E-state index in [0.29, 0.717) is 13.0 Å². The summed E-state index contributed by atoms with van der Waals surface area (Å²) in [6, 6.07) is 4.08. The summed E-state index contributed by atoms with van der Waals surface area (Å²) in [5.74, 6) is 1.05. The number of nitrogens with one attached hydrogen (secondary N) is 1. The molecule has 0 radical (unpaired) electrons. The van der Waals surface area contributed by atoms with Crippen LogP contribution in [0.25, 0.3) is 0 Å². The zero-order valence-electron chi connectivity index (χ0n) is 13.1. The molecule has 2 aromatic rings. The molecule has 2 aromatic heterocycles. The Morgan fingerprint density at radius 2 is 2.04 bits per heavy atom. The third-order valence-electron chi connectivity index (χ3n) is 3.96. The zero-order valence-corrected chi connectivity index (χ0v) is 13.1. The Morgan fingerprint density at radius 1 is 1.17 bits per heavy atom. The van der Waals surface area contributed by atoms with E-state index in [2.05, 4.69) is 31.2 Å². The number of pyridine rings is 1. The first-order valence-electron chi connectivity index (χ1n) is 8.03. The molecule has 1 aliphatic rings. The Hall–Kier alpha value is -2.50. The van der Waals surface area contributed by atoms with Gasteiger partial charge in [-0.15, -0.1) is 0 Å². The second-order valence-electron chi connectivity index (χ2n) is 5.69. The van der Waals surface area contributed by atoms with Crippen LogP contribution in [0.2, 0.25) is 0 Å². The SMILES string of the molecule is O=C(CCc1ccnc(N2CCCC2)c1)NCc1cnccn1. The van der Waals surface area contributed by atoms with E-state index in [4.69, 9.17) is 0 Å². The number of amides is 1. The minimum absolute atomic E-state index is 0.0233. The molecule has 6 nitrogen and oxygen atoms in total. The lowest BCUT2D eigenvalue weighted by Crippen LogP contribution is -2.23. The van der Waals surface area contributed by atoms with E-state index < -0.39 is 0 Å². The molecule has 1 saturated heterocycles. The van der Waals surface area contributed by atoms with Crippen LogP contribution in [0.4, 0.5) is 5.82 Å². The van der Waals surface area contributed by atoms with Crippen molar-refractivity contribution in [2.24, 2.45) is 0 Å². The van der Waals surface area contributed by atoms with Crippen molar-refractivity contribution < 1.29 is 4.79 Å². The molecule has 1 aliphatic heterocycles. The van der Waals surface area contributed by atoms with Crippen molar-refractivity contribution in [2.45, 2.75) is 32.2 Å². The Balaban J connectivity index is 1.48. The highest BCUT2D eigenvalue weighted by molar-refractivity contribution is 5.76. The molecule has 3 rings (SSSR count). The summed E-state index contributed by atoms with van der Waals surface area (Å²) >= 11 is 0. The molecule has 0 spiro atoms. The predicted molar refractivity (Wildman–Crippen MR) is 87.9 cm³/mol. The number of nitrogens with zero attached hydrogens (tertiary/aromatic N) is 4. The van der Waals surface area contributed by atoms with Gasteiger partial charge in [-0.2, -0.15) is 0 Å². The van der Waals surface area contributed by atoms with E-state index in [0.717, 1.165) is 36.6 Å². The van der Waals surface area contributed by atoms with Crippen LogP contribution in [-0.4, -0.2) is 33.9 Å². The van der Waals surface area contributed by atoms with Gasteiger partial charge in [0, 0.05) is 38.1 Å². The molecule has 23 heavy (non-hydrogen) atoms. The molecular weight excluding hydrogens is 290 g/mol. The average molecular weight is 311 g/mol. The van der Waals surface area contributed by atoms with Crippen LogP contribution in [0.1, 0.15) is 30.5 Å². The molecule has 0 saturated carbocycles. The van der Waals surface area contributed by atoms with Crippen LogP contribution in [0.15, 0.2) is 36.9 Å². The first-order valence-corrected chi connectivity index (χ1v) is 8.03. The molecular formula is C17H21N5O. The number of aromatic nitrogens is 3. The highest BCUT2D eigenvalue weighted by Crippen LogP contribution is 2.19. The van der Waals surface area contributed by atoms with E-state index in [1.54, 1.807) is 18.6 Å². The first kappa shape index (κ1) is 15.4. The van der Waals surface area contributed by atoms with Crippen LogP contribution >= 0.6 is 0 Å². The van der Waals surface area contributed by atoms with Gasteiger partial charge in [0.05, 0.1) is 18.4 Å². The maximum atomic E-state index is 11.9. The summed E-state index contributed by atoms with van der Waals surface area (Å²) in [6.45, 7) is 2.58. The molecule has 6 heteroatoms. The van der Waals surface area contributed by atoms with Gasteiger partial charge in [0.15, 0.2) is 0 Å². The minimum Gasteiger partial charge on any atom is -0.357 e. The molecule has 3 heterocycles. The van der Waals surface area contributed by atoms with Crippen molar-refractivity contribution in [3.63, 3.8) is 0 Å². The number of aryl methyl sites for hydroxylation is 1. The third-order valence-corrected chi connectivity index (χ3v) is 3.96. The summed E-state index contributed by atoms with van der Waals surface area (Å²) < 4.78 is 0. The Morgan fingerprint density at radius 3 is 2.83 bits per heavy atom. The average Bonchev–Trinajstić information content (AvgIpc) is 3.14. The lowest BCUT2D eigenvalue weighted by Gasteiger charge is -2.16. The number of carbonyl (C=O) groups excluding carboxylic acids is 1. The van der Waals surface area contributed by atoms with Crippen molar-refractivity contribution in [2.75, 3.05) is 18.0 Å². The van der Waals surface area contributed by atoms with E-state index in [1.807, 2.05) is 12.3 Å². The zero-order chi connectivity index (χ0) is 15.9. The van der Waals surface area contributed by atoms with Crippen LogP contribution in [0.3, 0.4) is 0 Å². The first-order chi connectivity index (χ1) is 11.3. The molecule has 1 amide bonds. The van der Waals surface area contributed by atoms with Gasteiger partial charge in [-0.25, -0.2) is 4.98 Å². The fourth-order valence-electron chi connectivity index (χ4n) is 2.69. The number of anilines is 1. The Bertz CT molecular complexity index is 640. The molecule has 0 aromatic carbocycles. The topological polar surface area (TPSA) is 71.0 Å². The quantitative estimate of drug-likeness (QED) is 0.879. The largest absolute Gasteiger partial charge is 0.357 e. The molecule has 0 unspecified atom stereocenters. The lowest BCUT2D eigenvalue weighted by molar-refractivity contribution is -0.121. The number of hydrogen-bond acceptors (Lipinski definition) is 5. The second-order valence-corrected chi connectivity index (χ2v) is 5.69. The predicted octanol–water partition coefficient (Wildman–Crippen LogP) is 1.72. The van der Waals surface area contributed by atoms with Gasteiger partial charge >= 0.3 is 0 Å². The van der Waals surface area contributed by atoms with Gasteiger partial charge in [-0.1, -0.05) is 0 Å². The minimum atomic E-state index is 0.0233. The Kier molecular flexibility index (Phi) is 5.13. The van der Waals surface area contributed by atoms with Crippen molar-refractivity contribution in [1.82, 2.24) is 20.3 Å². The van der Waals surface area contributed by atoms with E-state index in [1.165, 1.54) is 12.8 Å². The van der Waals surface area contributed by atoms with Crippen LogP contribution in [0.5, 0.6) is 0 Å². The fraction of sp³-hybridized carbons (Fsp3) is 0.412. The third kappa shape index (κ3) is 4.48. The summed E-state index contributed by atoms with van der Waals surface area (Å²) in [5, 5.41) is 2.87. The summed E-state index contributed by atoms with van der Waals surface area (Å²) in [7, 11) is 0. The number of hydrogen-bond donors (Lipinski definition) is 1. The Labute approximate surface area is 136 Å². The van der Waals surface area contributed by atoms with Crippen LogP contribution in [0, 0.1) is 0 Å².